The standard InChI is InChI=1S/C14H19ClN2O/c1-9(7-10-3-2-4-10)17-13-8-11(14(16)18)5-6-12(13)15/h5-6,8-10,17H,2-4,7H2,1H3,(H2,16,18). The normalized spacial score (nSPS) is 17.0. The van der Waals surface area contributed by atoms with Crippen molar-refractivity contribution >= 4 is 23.2 Å². The molecule has 1 fully saturated rings. The summed E-state index contributed by atoms with van der Waals surface area (Å²) >= 11 is 6.11. The van der Waals surface area contributed by atoms with E-state index in [1.54, 1.807) is 18.2 Å². The number of nitrogens with one attached hydrogen (secondary N) is 1. The molecule has 98 valence electrons. The maximum absolute atomic E-state index is 11.1. The van der Waals surface area contributed by atoms with Crippen LogP contribution in [0, 0.1) is 5.92 Å². The van der Waals surface area contributed by atoms with Gasteiger partial charge in [0, 0.05) is 11.6 Å². The number of halogens is 1. The van der Waals surface area contributed by atoms with Crippen LogP contribution in [-0.2, 0) is 0 Å². The van der Waals surface area contributed by atoms with Gasteiger partial charge < -0.3 is 11.1 Å². The fourth-order valence-electron chi connectivity index (χ4n) is 2.34. The first-order valence-corrected chi connectivity index (χ1v) is 6.80. The van der Waals surface area contributed by atoms with Crippen LogP contribution in [0.15, 0.2) is 18.2 Å². The van der Waals surface area contributed by atoms with Gasteiger partial charge in [0.05, 0.1) is 10.7 Å². The second kappa shape index (κ2) is 5.61. The predicted molar refractivity (Wildman–Crippen MR) is 75.0 cm³/mol. The van der Waals surface area contributed by atoms with Crippen LogP contribution in [0.4, 0.5) is 5.69 Å². The van der Waals surface area contributed by atoms with Crippen molar-refractivity contribution in [2.45, 2.75) is 38.6 Å². The Hall–Kier alpha value is -1.22. The average molecular weight is 267 g/mol. The first kappa shape index (κ1) is 13.2. The second-order valence-electron chi connectivity index (χ2n) is 5.14. The van der Waals surface area contributed by atoms with Crippen LogP contribution in [0.5, 0.6) is 0 Å². The number of carbonyl (C=O) groups excluding carboxylic acids is 1. The summed E-state index contributed by atoms with van der Waals surface area (Å²) in [7, 11) is 0. The number of primary amides is 1. The van der Waals surface area contributed by atoms with Gasteiger partial charge in [-0.1, -0.05) is 30.9 Å². The molecule has 1 unspecified atom stereocenters. The predicted octanol–water partition coefficient (Wildman–Crippen LogP) is 3.43. The smallest absolute Gasteiger partial charge is 0.248 e. The van der Waals surface area contributed by atoms with E-state index in [0.717, 1.165) is 18.0 Å². The van der Waals surface area contributed by atoms with Gasteiger partial charge in [0.25, 0.3) is 0 Å². The molecule has 0 bridgehead atoms. The van der Waals surface area contributed by atoms with Gasteiger partial charge in [-0.2, -0.15) is 0 Å². The molecule has 0 radical (unpaired) electrons. The average Bonchev–Trinajstić information content (AvgIpc) is 2.26. The van der Waals surface area contributed by atoms with Gasteiger partial charge in [-0.05, 0) is 37.5 Å². The summed E-state index contributed by atoms with van der Waals surface area (Å²) in [4.78, 5) is 11.1. The second-order valence-corrected chi connectivity index (χ2v) is 5.54. The van der Waals surface area contributed by atoms with Gasteiger partial charge in [0.15, 0.2) is 0 Å². The minimum Gasteiger partial charge on any atom is -0.381 e. The zero-order chi connectivity index (χ0) is 13.1. The Morgan fingerprint density at radius 3 is 2.83 bits per heavy atom. The van der Waals surface area contributed by atoms with E-state index in [4.69, 9.17) is 17.3 Å². The number of carbonyl (C=O) groups is 1. The van der Waals surface area contributed by atoms with E-state index in [1.165, 1.54) is 19.3 Å². The molecule has 0 aliphatic heterocycles. The van der Waals surface area contributed by atoms with Gasteiger partial charge in [0.1, 0.15) is 0 Å². The van der Waals surface area contributed by atoms with Crippen LogP contribution in [0.25, 0.3) is 0 Å². The Bertz CT molecular complexity index is 443. The number of hydrogen-bond acceptors (Lipinski definition) is 2. The third-order valence-electron chi connectivity index (χ3n) is 3.56. The third kappa shape index (κ3) is 3.16. The van der Waals surface area contributed by atoms with Crippen molar-refractivity contribution in [3.63, 3.8) is 0 Å². The minimum atomic E-state index is -0.429. The summed E-state index contributed by atoms with van der Waals surface area (Å²) < 4.78 is 0. The largest absolute Gasteiger partial charge is 0.381 e. The lowest BCUT2D eigenvalue weighted by Gasteiger charge is -2.29. The van der Waals surface area contributed by atoms with Crippen molar-refractivity contribution in [2.24, 2.45) is 11.7 Å². The summed E-state index contributed by atoms with van der Waals surface area (Å²) in [6.07, 6.45) is 5.18. The monoisotopic (exact) mass is 266 g/mol. The molecule has 1 aromatic rings. The Balaban J connectivity index is 2.02. The summed E-state index contributed by atoms with van der Waals surface area (Å²) in [6, 6.07) is 5.44. The molecule has 1 aromatic carbocycles. The minimum absolute atomic E-state index is 0.357. The van der Waals surface area contributed by atoms with E-state index in [2.05, 4.69) is 12.2 Å². The highest BCUT2D eigenvalue weighted by molar-refractivity contribution is 6.33. The highest BCUT2D eigenvalue weighted by Gasteiger charge is 2.20. The lowest BCUT2D eigenvalue weighted by Crippen LogP contribution is -2.23. The van der Waals surface area contributed by atoms with Gasteiger partial charge in [-0.25, -0.2) is 0 Å². The summed E-state index contributed by atoms with van der Waals surface area (Å²) in [5, 5.41) is 3.99. The molecule has 3 nitrogen and oxygen atoms in total. The maximum atomic E-state index is 11.1. The molecule has 1 amide bonds. The molecular formula is C14H19ClN2O. The molecule has 0 aromatic heterocycles. The molecule has 2 rings (SSSR count). The SMILES string of the molecule is CC(CC1CCC1)Nc1cc(C(N)=O)ccc1Cl. The van der Waals surface area contributed by atoms with Crippen molar-refractivity contribution in [3.8, 4) is 0 Å². The molecule has 1 aliphatic rings. The lowest BCUT2D eigenvalue weighted by atomic mass is 9.81. The van der Waals surface area contributed by atoms with Gasteiger partial charge >= 0.3 is 0 Å². The molecule has 1 saturated carbocycles. The number of benzene rings is 1. The van der Waals surface area contributed by atoms with Gasteiger partial charge in [-0.3, -0.25) is 4.79 Å². The summed E-state index contributed by atoms with van der Waals surface area (Å²) in [5.41, 5.74) is 6.54. The number of nitrogens with two attached hydrogens (primary N) is 1. The van der Waals surface area contributed by atoms with E-state index in [9.17, 15) is 4.79 Å². The van der Waals surface area contributed by atoms with Crippen LogP contribution >= 0.6 is 11.6 Å². The van der Waals surface area contributed by atoms with Crippen LogP contribution in [0.1, 0.15) is 43.0 Å². The number of amides is 1. The van der Waals surface area contributed by atoms with Gasteiger partial charge in [-0.15, -0.1) is 0 Å². The van der Waals surface area contributed by atoms with Crippen LogP contribution < -0.4 is 11.1 Å². The van der Waals surface area contributed by atoms with Crippen molar-refractivity contribution in [1.29, 1.82) is 0 Å². The zero-order valence-electron chi connectivity index (χ0n) is 10.6. The van der Waals surface area contributed by atoms with Crippen LogP contribution in [0.2, 0.25) is 5.02 Å². The highest BCUT2D eigenvalue weighted by Crippen LogP contribution is 2.32. The van der Waals surface area contributed by atoms with E-state index < -0.39 is 5.91 Å². The molecule has 0 heterocycles. The third-order valence-corrected chi connectivity index (χ3v) is 3.89. The fraction of sp³-hybridized carbons (Fsp3) is 0.500. The van der Waals surface area contributed by atoms with Gasteiger partial charge in [0.2, 0.25) is 5.91 Å². The molecule has 0 saturated heterocycles. The quantitative estimate of drug-likeness (QED) is 0.858. The molecule has 1 aliphatic carbocycles. The highest BCUT2D eigenvalue weighted by atomic mass is 35.5. The first-order valence-electron chi connectivity index (χ1n) is 6.42. The van der Waals surface area contributed by atoms with Crippen molar-refractivity contribution in [2.75, 3.05) is 5.32 Å². The van der Waals surface area contributed by atoms with Crippen molar-refractivity contribution < 1.29 is 4.79 Å². The maximum Gasteiger partial charge on any atom is 0.248 e. The Morgan fingerprint density at radius 2 is 2.28 bits per heavy atom. The lowest BCUT2D eigenvalue weighted by molar-refractivity contribution is 0.100. The Morgan fingerprint density at radius 1 is 1.56 bits per heavy atom. The zero-order valence-corrected chi connectivity index (χ0v) is 11.3. The number of anilines is 1. The molecule has 1 atom stereocenters. The van der Waals surface area contributed by atoms with E-state index >= 15 is 0 Å². The Kier molecular flexibility index (Phi) is 4.12. The molecule has 18 heavy (non-hydrogen) atoms. The van der Waals surface area contributed by atoms with Crippen molar-refractivity contribution in [1.82, 2.24) is 0 Å². The molecule has 0 spiro atoms. The summed E-state index contributed by atoms with van der Waals surface area (Å²) in [6.45, 7) is 2.14. The topological polar surface area (TPSA) is 55.1 Å². The van der Waals surface area contributed by atoms with Crippen molar-refractivity contribution in [3.05, 3.63) is 28.8 Å². The van der Waals surface area contributed by atoms with Crippen LogP contribution in [-0.4, -0.2) is 11.9 Å². The van der Waals surface area contributed by atoms with E-state index in [0.29, 0.717) is 16.6 Å². The molecule has 3 N–H and O–H groups in total. The van der Waals surface area contributed by atoms with E-state index in [-0.39, 0.29) is 0 Å². The molecular weight excluding hydrogens is 248 g/mol. The number of rotatable bonds is 5. The fourth-order valence-corrected chi connectivity index (χ4v) is 2.51. The Labute approximate surface area is 113 Å². The molecule has 4 heteroatoms. The summed E-state index contributed by atoms with van der Waals surface area (Å²) in [5.74, 6) is 0.409. The van der Waals surface area contributed by atoms with E-state index in [1.807, 2.05) is 0 Å². The van der Waals surface area contributed by atoms with Crippen LogP contribution in [0.3, 0.4) is 0 Å². The first-order chi connectivity index (χ1) is 8.56. The number of hydrogen-bond donors (Lipinski definition) is 2.